The Bertz CT molecular complexity index is 1160. The Morgan fingerprint density at radius 3 is 2.19 bits per heavy atom. The van der Waals surface area contributed by atoms with Gasteiger partial charge in [0.25, 0.3) is 0 Å². The van der Waals surface area contributed by atoms with Gasteiger partial charge in [0.05, 0.1) is 29.1 Å². The summed E-state index contributed by atoms with van der Waals surface area (Å²) < 4.78 is 59.0. The molecule has 1 amide bonds. The van der Waals surface area contributed by atoms with Gasteiger partial charge in [-0.25, -0.2) is 21.6 Å². The zero-order valence-electron chi connectivity index (χ0n) is 18.4. The van der Waals surface area contributed by atoms with E-state index in [1.165, 1.54) is 56.3 Å². The summed E-state index contributed by atoms with van der Waals surface area (Å²) >= 11 is 1.49. The van der Waals surface area contributed by atoms with Crippen LogP contribution in [0.3, 0.4) is 0 Å². The van der Waals surface area contributed by atoms with Crippen molar-refractivity contribution in [2.24, 2.45) is 0 Å². The first-order valence-corrected chi connectivity index (χ1v) is 13.7. The molecule has 0 aliphatic heterocycles. The number of carbonyl (C=O) groups excluding carboxylic acids is 1. The minimum atomic E-state index is -3.89. The number of likely N-dealkylation sites (N-methyl/N-ethyl adjacent to an activating group) is 1. The summed E-state index contributed by atoms with van der Waals surface area (Å²) in [6.07, 6.45) is 1.88. The SMILES string of the molecule is COc1ccc(S(=O)(=O)NC(C)C)cc1NC(=O)CN(C)S(=O)(=O)c1ccc(SC)cc1. The van der Waals surface area contributed by atoms with Gasteiger partial charge in [-0.1, -0.05) is 0 Å². The van der Waals surface area contributed by atoms with Crippen LogP contribution in [0, 0.1) is 0 Å². The minimum Gasteiger partial charge on any atom is -0.495 e. The van der Waals surface area contributed by atoms with E-state index in [1.807, 2.05) is 6.26 Å². The standard InChI is InChI=1S/C20H27N3O6S3/c1-14(2)22-31(25,26)17-10-11-19(29-4)18(12-17)21-20(24)13-23(3)32(27,28)16-8-6-15(30-5)7-9-16/h6-12,14,22H,13H2,1-5H3,(H,21,24). The van der Waals surface area contributed by atoms with Gasteiger partial charge in [-0.15, -0.1) is 11.8 Å². The van der Waals surface area contributed by atoms with E-state index in [-0.39, 0.29) is 27.3 Å². The van der Waals surface area contributed by atoms with E-state index in [0.29, 0.717) is 0 Å². The molecule has 2 rings (SSSR count). The van der Waals surface area contributed by atoms with Gasteiger partial charge in [-0.05, 0) is 62.6 Å². The average molecular weight is 502 g/mol. The summed E-state index contributed by atoms with van der Waals surface area (Å²) in [6.45, 7) is 2.90. The van der Waals surface area contributed by atoms with Gasteiger partial charge in [0, 0.05) is 18.0 Å². The summed E-state index contributed by atoms with van der Waals surface area (Å²) in [7, 11) is -5.01. The number of carbonyl (C=O) groups is 1. The van der Waals surface area contributed by atoms with Gasteiger partial charge in [-0.2, -0.15) is 4.31 Å². The number of methoxy groups -OCH3 is 1. The number of sulfonamides is 2. The second kappa shape index (κ2) is 10.7. The van der Waals surface area contributed by atoms with Crippen LogP contribution in [0.25, 0.3) is 0 Å². The Morgan fingerprint density at radius 1 is 1.06 bits per heavy atom. The highest BCUT2D eigenvalue weighted by molar-refractivity contribution is 7.98. The molecule has 0 aromatic heterocycles. The summed E-state index contributed by atoms with van der Waals surface area (Å²) in [4.78, 5) is 13.5. The molecule has 0 unspecified atom stereocenters. The monoisotopic (exact) mass is 501 g/mol. The van der Waals surface area contributed by atoms with E-state index in [1.54, 1.807) is 26.0 Å². The van der Waals surface area contributed by atoms with Gasteiger partial charge in [-0.3, -0.25) is 4.79 Å². The summed E-state index contributed by atoms with van der Waals surface area (Å²) in [6, 6.07) is 10.1. The quantitative estimate of drug-likeness (QED) is 0.479. The maximum absolute atomic E-state index is 12.8. The smallest absolute Gasteiger partial charge is 0.243 e. The first-order chi connectivity index (χ1) is 14.9. The molecule has 2 N–H and O–H groups in total. The normalized spacial score (nSPS) is 12.2. The van der Waals surface area contributed by atoms with E-state index in [4.69, 9.17) is 4.74 Å². The van der Waals surface area contributed by atoms with Gasteiger partial charge in [0.2, 0.25) is 26.0 Å². The van der Waals surface area contributed by atoms with Crippen molar-refractivity contribution in [1.29, 1.82) is 0 Å². The Labute approximate surface area is 193 Å². The largest absolute Gasteiger partial charge is 0.495 e. The molecule has 32 heavy (non-hydrogen) atoms. The fourth-order valence-corrected chi connectivity index (χ4v) is 5.55. The Morgan fingerprint density at radius 2 is 1.66 bits per heavy atom. The van der Waals surface area contributed by atoms with Crippen molar-refractivity contribution in [3.63, 3.8) is 0 Å². The molecule has 0 saturated heterocycles. The summed E-state index contributed by atoms with van der Waals surface area (Å²) in [5.74, 6) is -0.415. The molecule has 0 atom stereocenters. The predicted octanol–water partition coefficient (Wildman–Crippen LogP) is 2.36. The van der Waals surface area contributed by atoms with Crippen LogP contribution in [0.4, 0.5) is 5.69 Å². The minimum absolute atomic E-state index is 0.0582. The number of hydrogen-bond donors (Lipinski definition) is 2. The van der Waals surface area contributed by atoms with Crippen molar-refractivity contribution in [2.75, 3.05) is 32.3 Å². The molecule has 0 aliphatic rings. The number of nitrogens with one attached hydrogen (secondary N) is 2. The number of nitrogens with zero attached hydrogens (tertiary/aromatic N) is 1. The van der Waals surface area contributed by atoms with Gasteiger partial charge < -0.3 is 10.1 Å². The number of amides is 1. The molecule has 0 aliphatic carbocycles. The lowest BCUT2D eigenvalue weighted by Crippen LogP contribution is -2.35. The highest BCUT2D eigenvalue weighted by atomic mass is 32.2. The van der Waals surface area contributed by atoms with Crippen LogP contribution in [0.15, 0.2) is 57.2 Å². The molecular formula is C20H27N3O6S3. The maximum atomic E-state index is 12.8. The van der Waals surface area contributed by atoms with Crippen molar-refractivity contribution in [2.45, 2.75) is 34.6 Å². The van der Waals surface area contributed by atoms with Crippen molar-refractivity contribution in [1.82, 2.24) is 9.03 Å². The molecule has 0 spiro atoms. The van der Waals surface area contributed by atoms with Crippen LogP contribution in [0.2, 0.25) is 0 Å². The van der Waals surface area contributed by atoms with Crippen molar-refractivity contribution in [3.8, 4) is 5.75 Å². The van der Waals surface area contributed by atoms with E-state index < -0.39 is 32.5 Å². The topological polar surface area (TPSA) is 122 Å². The molecular weight excluding hydrogens is 474 g/mol. The van der Waals surface area contributed by atoms with E-state index >= 15 is 0 Å². The fraction of sp³-hybridized carbons (Fsp3) is 0.350. The van der Waals surface area contributed by atoms with Crippen LogP contribution in [0.5, 0.6) is 5.75 Å². The van der Waals surface area contributed by atoms with Crippen LogP contribution in [0.1, 0.15) is 13.8 Å². The third-order valence-electron chi connectivity index (χ3n) is 4.28. The molecule has 0 bridgehead atoms. The first-order valence-electron chi connectivity index (χ1n) is 9.51. The fourth-order valence-electron chi connectivity index (χ4n) is 2.73. The predicted molar refractivity (Wildman–Crippen MR) is 125 cm³/mol. The van der Waals surface area contributed by atoms with E-state index in [9.17, 15) is 21.6 Å². The van der Waals surface area contributed by atoms with Gasteiger partial charge in [0.15, 0.2) is 0 Å². The molecule has 0 heterocycles. The van der Waals surface area contributed by atoms with Crippen LogP contribution in [-0.2, 0) is 24.8 Å². The van der Waals surface area contributed by atoms with Crippen LogP contribution < -0.4 is 14.8 Å². The highest BCUT2D eigenvalue weighted by Gasteiger charge is 2.24. The lowest BCUT2D eigenvalue weighted by molar-refractivity contribution is -0.116. The molecule has 0 saturated carbocycles. The number of ether oxygens (including phenoxy) is 1. The van der Waals surface area contributed by atoms with Crippen molar-refractivity contribution >= 4 is 43.4 Å². The third-order valence-corrected chi connectivity index (χ3v) is 8.50. The van der Waals surface area contributed by atoms with E-state index in [2.05, 4.69) is 10.0 Å². The number of hydrogen-bond acceptors (Lipinski definition) is 7. The van der Waals surface area contributed by atoms with Crippen molar-refractivity contribution < 1.29 is 26.4 Å². The zero-order valence-corrected chi connectivity index (χ0v) is 20.9. The lowest BCUT2D eigenvalue weighted by Gasteiger charge is -2.18. The molecule has 176 valence electrons. The third kappa shape index (κ3) is 6.45. The second-order valence-corrected chi connectivity index (χ2v) is 11.8. The number of benzene rings is 2. The number of thioether (sulfide) groups is 1. The second-order valence-electron chi connectivity index (χ2n) is 7.12. The molecule has 12 heteroatoms. The average Bonchev–Trinajstić information content (AvgIpc) is 2.72. The zero-order chi connectivity index (χ0) is 24.1. The Balaban J connectivity index is 2.21. The molecule has 2 aromatic carbocycles. The van der Waals surface area contributed by atoms with E-state index in [0.717, 1.165) is 9.20 Å². The van der Waals surface area contributed by atoms with Crippen LogP contribution in [-0.4, -0.2) is 60.0 Å². The van der Waals surface area contributed by atoms with Crippen LogP contribution >= 0.6 is 11.8 Å². The molecule has 9 nitrogen and oxygen atoms in total. The molecule has 2 aromatic rings. The first kappa shape index (κ1) is 26.1. The summed E-state index contributed by atoms with van der Waals surface area (Å²) in [5, 5.41) is 2.53. The number of rotatable bonds is 10. The number of anilines is 1. The van der Waals surface area contributed by atoms with Gasteiger partial charge in [0.1, 0.15) is 5.75 Å². The van der Waals surface area contributed by atoms with Gasteiger partial charge >= 0.3 is 0 Å². The maximum Gasteiger partial charge on any atom is 0.243 e. The lowest BCUT2D eigenvalue weighted by atomic mass is 10.3. The summed E-state index contributed by atoms with van der Waals surface area (Å²) in [5.41, 5.74) is 0.110. The highest BCUT2D eigenvalue weighted by Crippen LogP contribution is 2.28. The Hall–Kier alpha value is -2.12. The molecule has 0 fully saturated rings. The molecule has 0 radical (unpaired) electrons. The Kier molecular flexibility index (Phi) is 8.71. The van der Waals surface area contributed by atoms with Crippen molar-refractivity contribution in [3.05, 3.63) is 42.5 Å².